The molecule has 7 nitrogen and oxygen atoms in total. The Kier molecular flexibility index (Phi) is 8.66. The number of carbonyl (C=O) groups excluding carboxylic acids is 2. The molecule has 1 aromatic heterocycles. The summed E-state index contributed by atoms with van der Waals surface area (Å²) in [6.45, 7) is 0.209. The quantitative estimate of drug-likeness (QED) is 0.556. The Labute approximate surface area is 191 Å². The number of aliphatic hydroxyl groups excluding tert-OH is 1. The average Bonchev–Trinajstić information content (AvgIpc) is 2.74. The van der Waals surface area contributed by atoms with Crippen LogP contribution >= 0.6 is 23.2 Å². The molecule has 1 aliphatic rings. The molecule has 3 atom stereocenters. The van der Waals surface area contributed by atoms with Crippen molar-refractivity contribution in [3.05, 3.63) is 63.9 Å². The van der Waals surface area contributed by atoms with Gasteiger partial charge in [-0.2, -0.15) is 0 Å². The summed E-state index contributed by atoms with van der Waals surface area (Å²) in [6, 6.07) is 9.84. The van der Waals surface area contributed by atoms with Crippen LogP contribution in [0.25, 0.3) is 0 Å². The fourth-order valence-electron chi connectivity index (χ4n) is 3.57. The van der Waals surface area contributed by atoms with Crippen LogP contribution in [-0.2, 0) is 16.0 Å². The van der Waals surface area contributed by atoms with Gasteiger partial charge in [-0.1, -0.05) is 29.3 Å². The van der Waals surface area contributed by atoms with E-state index in [9.17, 15) is 14.7 Å². The maximum atomic E-state index is 12.3. The van der Waals surface area contributed by atoms with Gasteiger partial charge in [0.25, 0.3) is 5.91 Å². The van der Waals surface area contributed by atoms with Crippen molar-refractivity contribution < 1.29 is 19.4 Å². The molecule has 166 valence electrons. The van der Waals surface area contributed by atoms with Crippen LogP contribution in [0.4, 0.5) is 0 Å². The molecule has 3 N–H and O–H groups in total. The SMILES string of the molecule is O=C(Cc1ccccn1)N[C@H]1CC[C@H](CCNC(=O)c2cc(Cl)cc(Cl)c2)O[C@@H]1CO. The van der Waals surface area contributed by atoms with Crippen LogP contribution in [0.5, 0.6) is 0 Å². The Morgan fingerprint density at radius 3 is 2.61 bits per heavy atom. The molecule has 0 spiro atoms. The van der Waals surface area contributed by atoms with Crippen LogP contribution in [0, 0.1) is 0 Å². The molecule has 0 radical (unpaired) electrons. The van der Waals surface area contributed by atoms with E-state index in [1.165, 1.54) is 0 Å². The zero-order valence-electron chi connectivity index (χ0n) is 16.9. The molecule has 0 bridgehead atoms. The van der Waals surface area contributed by atoms with Gasteiger partial charge in [-0.3, -0.25) is 14.6 Å². The third kappa shape index (κ3) is 7.18. The van der Waals surface area contributed by atoms with Crippen LogP contribution < -0.4 is 10.6 Å². The highest BCUT2D eigenvalue weighted by Gasteiger charge is 2.31. The Bertz CT molecular complexity index is 877. The van der Waals surface area contributed by atoms with Gasteiger partial charge in [-0.05, 0) is 49.6 Å². The number of nitrogens with one attached hydrogen (secondary N) is 2. The van der Waals surface area contributed by atoms with Crippen LogP contribution in [0.1, 0.15) is 35.3 Å². The van der Waals surface area contributed by atoms with Crippen molar-refractivity contribution in [3.63, 3.8) is 0 Å². The van der Waals surface area contributed by atoms with E-state index in [2.05, 4.69) is 15.6 Å². The zero-order chi connectivity index (χ0) is 22.2. The lowest BCUT2D eigenvalue weighted by molar-refractivity contribution is -0.127. The van der Waals surface area contributed by atoms with Gasteiger partial charge < -0.3 is 20.5 Å². The molecular weight excluding hydrogens is 441 g/mol. The van der Waals surface area contributed by atoms with Gasteiger partial charge >= 0.3 is 0 Å². The second-order valence-corrected chi connectivity index (χ2v) is 8.30. The third-order valence-electron chi connectivity index (χ3n) is 5.09. The maximum Gasteiger partial charge on any atom is 0.251 e. The molecule has 9 heteroatoms. The first-order valence-corrected chi connectivity index (χ1v) is 10.9. The average molecular weight is 466 g/mol. The Balaban J connectivity index is 1.43. The van der Waals surface area contributed by atoms with Gasteiger partial charge in [-0.25, -0.2) is 0 Å². The molecular formula is C22H25Cl2N3O4. The first-order valence-electron chi connectivity index (χ1n) is 10.1. The molecule has 1 aromatic carbocycles. The highest BCUT2D eigenvalue weighted by molar-refractivity contribution is 6.35. The lowest BCUT2D eigenvalue weighted by atomic mass is 9.97. The smallest absolute Gasteiger partial charge is 0.251 e. The number of rotatable bonds is 8. The molecule has 0 unspecified atom stereocenters. The Morgan fingerprint density at radius 2 is 1.94 bits per heavy atom. The fourth-order valence-corrected chi connectivity index (χ4v) is 4.09. The zero-order valence-corrected chi connectivity index (χ0v) is 18.4. The first kappa shape index (κ1) is 23.5. The number of nitrogens with zero attached hydrogens (tertiary/aromatic N) is 1. The predicted octanol–water partition coefficient (Wildman–Crippen LogP) is 2.78. The van der Waals surface area contributed by atoms with E-state index < -0.39 is 6.10 Å². The number of hydrogen-bond donors (Lipinski definition) is 3. The standard InChI is InChI=1S/C22H25Cl2N3O4/c23-15-9-14(10-16(24)11-15)22(30)26-8-6-18-4-5-19(20(13-28)31-18)27-21(29)12-17-3-1-2-7-25-17/h1-3,7,9-11,18-20,28H,4-6,8,12-13H2,(H,26,30)(H,27,29)/t18-,19+,20-/m1/s1. The predicted molar refractivity (Wildman–Crippen MR) is 118 cm³/mol. The van der Waals surface area contributed by atoms with Gasteiger partial charge in [0, 0.05) is 34.0 Å². The van der Waals surface area contributed by atoms with Gasteiger partial charge in [0.2, 0.25) is 5.91 Å². The first-order chi connectivity index (χ1) is 14.9. The molecule has 1 aliphatic heterocycles. The van der Waals surface area contributed by atoms with Gasteiger partial charge in [0.15, 0.2) is 0 Å². The highest BCUT2D eigenvalue weighted by Crippen LogP contribution is 2.22. The van der Waals surface area contributed by atoms with Gasteiger partial charge in [0.1, 0.15) is 6.10 Å². The minimum Gasteiger partial charge on any atom is -0.394 e. The normalized spacial score (nSPS) is 20.8. The van der Waals surface area contributed by atoms with Crippen molar-refractivity contribution in [3.8, 4) is 0 Å². The Hall–Kier alpha value is -2.19. The summed E-state index contributed by atoms with van der Waals surface area (Å²) in [7, 11) is 0. The van der Waals surface area contributed by atoms with Gasteiger partial charge in [-0.15, -0.1) is 0 Å². The molecule has 1 saturated heterocycles. The summed E-state index contributed by atoms with van der Waals surface area (Å²) in [4.78, 5) is 28.7. The van der Waals surface area contributed by atoms with E-state index in [-0.39, 0.29) is 37.0 Å². The fraction of sp³-hybridized carbons (Fsp3) is 0.409. The maximum absolute atomic E-state index is 12.3. The Morgan fingerprint density at radius 1 is 1.16 bits per heavy atom. The van der Waals surface area contributed by atoms with E-state index in [1.54, 1.807) is 36.5 Å². The number of benzene rings is 1. The number of carbonyl (C=O) groups is 2. The van der Waals surface area contributed by atoms with Crippen LogP contribution in [-0.4, -0.2) is 53.3 Å². The van der Waals surface area contributed by atoms with E-state index in [4.69, 9.17) is 27.9 Å². The third-order valence-corrected chi connectivity index (χ3v) is 5.52. The van der Waals surface area contributed by atoms with Crippen LogP contribution in [0.3, 0.4) is 0 Å². The van der Waals surface area contributed by atoms with Crippen molar-refractivity contribution in [1.29, 1.82) is 0 Å². The summed E-state index contributed by atoms with van der Waals surface area (Å²) in [6.07, 6.45) is 3.20. The van der Waals surface area contributed by atoms with Crippen molar-refractivity contribution in [2.75, 3.05) is 13.2 Å². The molecule has 31 heavy (non-hydrogen) atoms. The molecule has 2 heterocycles. The van der Waals surface area contributed by atoms with E-state index >= 15 is 0 Å². The minimum atomic E-state index is -0.492. The number of aromatic nitrogens is 1. The molecule has 1 fully saturated rings. The summed E-state index contributed by atoms with van der Waals surface area (Å²) in [5.74, 6) is -0.421. The molecule has 2 amide bonds. The van der Waals surface area contributed by atoms with Crippen molar-refractivity contribution >= 4 is 35.0 Å². The summed E-state index contributed by atoms with van der Waals surface area (Å²) >= 11 is 11.9. The van der Waals surface area contributed by atoms with Crippen molar-refractivity contribution in [1.82, 2.24) is 15.6 Å². The summed E-state index contributed by atoms with van der Waals surface area (Å²) in [5.41, 5.74) is 1.08. The monoisotopic (exact) mass is 465 g/mol. The number of halogens is 2. The lowest BCUT2D eigenvalue weighted by Gasteiger charge is -2.36. The van der Waals surface area contributed by atoms with Crippen molar-refractivity contribution in [2.45, 2.75) is 43.9 Å². The number of pyridine rings is 1. The molecule has 0 saturated carbocycles. The summed E-state index contributed by atoms with van der Waals surface area (Å²) < 4.78 is 5.95. The minimum absolute atomic E-state index is 0.121. The van der Waals surface area contributed by atoms with E-state index in [0.29, 0.717) is 47.1 Å². The largest absolute Gasteiger partial charge is 0.394 e. The molecule has 0 aliphatic carbocycles. The van der Waals surface area contributed by atoms with Crippen LogP contribution in [0.2, 0.25) is 10.0 Å². The second kappa shape index (κ2) is 11.4. The highest BCUT2D eigenvalue weighted by atomic mass is 35.5. The number of ether oxygens (including phenoxy) is 1. The number of hydrogen-bond acceptors (Lipinski definition) is 5. The molecule has 2 aromatic rings. The lowest BCUT2D eigenvalue weighted by Crippen LogP contribution is -2.51. The number of aliphatic hydroxyl groups is 1. The van der Waals surface area contributed by atoms with E-state index in [0.717, 1.165) is 0 Å². The topological polar surface area (TPSA) is 101 Å². The summed E-state index contributed by atoms with van der Waals surface area (Å²) in [5, 5.41) is 16.3. The van der Waals surface area contributed by atoms with Gasteiger partial charge in [0.05, 0.1) is 25.2 Å². The number of amides is 2. The van der Waals surface area contributed by atoms with E-state index in [1.807, 2.05) is 6.07 Å². The molecule has 3 rings (SSSR count). The van der Waals surface area contributed by atoms with Crippen LogP contribution in [0.15, 0.2) is 42.6 Å². The van der Waals surface area contributed by atoms with Crippen molar-refractivity contribution in [2.24, 2.45) is 0 Å². The second-order valence-electron chi connectivity index (χ2n) is 7.43.